The molecule has 1 fully saturated rings. The number of hydrogen-bond donors (Lipinski definition) is 1. The zero-order valence-electron chi connectivity index (χ0n) is 23.4. The number of halogens is 3. The van der Waals surface area contributed by atoms with E-state index >= 15 is 0 Å². The lowest BCUT2D eigenvalue weighted by molar-refractivity contribution is -0.137. The highest BCUT2D eigenvalue weighted by Crippen LogP contribution is 2.29. The largest absolute Gasteiger partial charge is 0.444 e. The molecule has 2 amide bonds. The Morgan fingerprint density at radius 1 is 0.951 bits per heavy atom. The molecule has 2 aliphatic rings. The Morgan fingerprint density at radius 3 is 2.27 bits per heavy atom. The van der Waals surface area contributed by atoms with E-state index in [1.807, 2.05) is 45.0 Å². The molecule has 2 aromatic carbocycles. The number of benzene rings is 2. The third-order valence-corrected chi connectivity index (χ3v) is 7.26. The SMILES string of the molecule is CC(C)(C)OC(=O)N1CC=C(c2ccc3nc(C(=O)N4CCN(Cc5ccc(C(F)(F)F)cc5)CC4)[nH]c3c2)CC1. The summed E-state index contributed by atoms with van der Waals surface area (Å²) in [5.74, 6) is 0.101. The lowest BCUT2D eigenvalue weighted by Crippen LogP contribution is -2.48. The molecule has 0 unspecified atom stereocenters. The summed E-state index contributed by atoms with van der Waals surface area (Å²) < 4.78 is 43.9. The fraction of sp³-hybridized carbons (Fsp3) is 0.433. The molecule has 3 heterocycles. The summed E-state index contributed by atoms with van der Waals surface area (Å²) in [6.07, 6.45) is -1.94. The molecule has 2 aliphatic heterocycles. The van der Waals surface area contributed by atoms with E-state index in [1.165, 1.54) is 12.1 Å². The molecule has 3 aromatic rings. The zero-order chi connectivity index (χ0) is 29.4. The topological polar surface area (TPSA) is 81.8 Å². The predicted octanol–water partition coefficient (Wildman–Crippen LogP) is 5.56. The number of aromatic amines is 1. The van der Waals surface area contributed by atoms with Gasteiger partial charge in [-0.05, 0) is 68.2 Å². The van der Waals surface area contributed by atoms with Gasteiger partial charge in [-0.25, -0.2) is 9.78 Å². The van der Waals surface area contributed by atoms with Crippen molar-refractivity contribution in [3.8, 4) is 0 Å². The Bertz CT molecular complexity index is 1450. The van der Waals surface area contributed by atoms with Crippen molar-refractivity contribution in [2.45, 2.75) is 45.5 Å². The summed E-state index contributed by atoms with van der Waals surface area (Å²) in [7, 11) is 0. The van der Waals surface area contributed by atoms with Crippen LogP contribution >= 0.6 is 0 Å². The van der Waals surface area contributed by atoms with Crippen LogP contribution in [0.4, 0.5) is 18.0 Å². The number of aromatic nitrogens is 2. The molecule has 1 saturated heterocycles. The standard InChI is InChI=1S/C30H34F3N5O3/c1-29(2,3)41-28(40)38-12-10-21(11-13-38)22-6-9-24-25(18-22)35-26(34-24)27(39)37-16-14-36(15-17-37)19-20-4-7-23(8-5-20)30(31,32)33/h4-10,18H,11-17,19H2,1-3H3,(H,34,35). The fourth-order valence-electron chi connectivity index (χ4n) is 5.05. The number of rotatable bonds is 4. The summed E-state index contributed by atoms with van der Waals surface area (Å²) in [6, 6.07) is 11.1. The normalized spacial score (nSPS) is 17.1. The van der Waals surface area contributed by atoms with Crippen molar-refractivity contribution in [2.24, 2.45) is 0 Å². The van der Waals surface area contributed by atoms with Crippen molar-refractivity contribution in [2.75, 3.05) is 39.3 Å². The lowest BCUT2D eigenvalue weighted by atomic mass is 9.99. The van der Waals surface area contributed by atoms with Gasteiger partial charge in [0.15, 0.2) is 5.82 Å². The first kappa shape index (κ1) is 28.7. The number of nitrogens with one attached hydrogen (secondary N) is 1. The molecular formula is C30H34F3N5O3. The van der Waals surface area contributed by atoms with Crippen molar-refractivity contribution < 1.29 is 27.5 Å². The molecule has 5 rings (SSSR count). The second kappa shape index (κ2) is 11.2. The van der Waals surface area contributed by atoms with Gasteiger partial charge in [-0.3, -0.25) is 9.69 Å². The average Bonchev–Trinajstić information content (AvgIpc) is 3.36. The van der Waals surface area contributed by atoms with E-state index in [0.717, 1.165) is 34.3 Å². The Labute approximate surface area is 236 Å². The van der Waals surface area contributed by atoms with Crippen LogP contribution in [0.1, 0.15) is 54.5 Å². The van der Waals surface area contributed by atoms with E-state index in [-0.39, 0.29) is 17.8 Å². The first-order valence-electron chi connectivity index (χ1n) is 13.7. The van der Waals surface area contributed by atoms with Crippen LogP contribution in [-0.2, 0) is 17.5 Å². The maximum Gasteiger partial charge on any atom is 0.416 e. The van der Waals surface area contributed by atoms with Crippen molar-refractivity contribution in [3.63, 3.8) is 0 Å². The summed E-state index contributed by atoms with van der Waals surface area (Å²) in [6.45, 7) is 9.35. The molecule has 0 spiro atoms. The Morgan fingerprint density at radius 2 is 1.66 bits per heavy atom. The van der Waals surface area contributed by atoms with Gasteiger partial charge >= 0.3 is 12.3 Å². The van der Waals surface area contributed by atoms with E-state index in [1.54, 1.807) is 9.80 Å². The minimum atomic E-state index is -4.35. The van der Waals surface area contributed by atoms with Crippen LogP contribution in [0.5, 0.6) is 0 Å². The average molecular weight is 570 g/mol. The predicted molar refractivity (Wildman–Crippen MR) is 149 cm³/mol. The van der Waals surface area contributed by atoms with Crippen LogP contribution in [0, 0.1) is 0 Å². The molecule has 0 radical (unpaired) electrons. The summed E-state index contributed by atoms with van der Waals surface area (Å²) in [4.78, 5) is 38.8. The van der Waals surface area contributed by atoms with E-state index in [9.17, 15) is 22.8 Å². The van der Waals surface area contributed by atoms with Crippen molar-refractivity contribution in [1.82, 2.24) is 24.7 Å². The van der Waals surface area contributed by atoms with Crippen molar-refractivity contribution in [1.29, 1.82) is 0 Å². The maximum atomic E-state index is 13.2. The van der Waals surface area contributed by atoms with Gasteiger partial charge in [-0.2, -0.15) is 13.2 Å². The molecule has 1 aromatic heterocycles. The van der Waals surface area contributed by atoms with Gasteiger partial charge in [0.25, 0.3) is 5.91 Å². The number of imidazole rings is 1. The van der Waals surface area contributed by atoms with Crippen molar-refractivity contribution in [3.05, 3.63) is 71.1 Å². The summed E-state index contributed by atoms with van der Waals surface area (Å²) >= 11 is 0. The van der Waals surface area contributed by atoms with Gasteiger partial charge < -0.3 is 19.5 Å². The number of ether oxygens (including phenoxy) is 1. The fourth-order valence-corrected chi connectivity index (χ4v) is 5.05. The minimum absolute atomic E-state index is 0.179. The monoisotopic (exact) mass is 569 g/mol. The van der Waals surface area contributed by atoms with Gasteiger partial charge in [0.2, 0.25) is 0 Å². The minimum Gasteiger partial charge on any atom is -0.444 e. The molecule has 1 N–H and O–H groups in total. The zero-order valence-corrected chi connectivity index (χ0v) is 23.4. The van der Waals surface area contributed by atoms with Crippen LogP contribution in [-0.4, -0.2) is 81.5 Å². The molecule has 11 heteroatoms. The lowest BCUT2D eigenvalue weighted by Gasteiger charge is -2.34. The number of hydrogen-bond acceptors (Lipinski definition) is 5. The molecule has 0 atom stereocenters. The third kappa shape index (κ3) is 6.90. The van der Waals surface area contributed by atoms with Gasteiger partial charge in [-0.15, -0.1) is 0 Å². The molecule has 0 bridgehead atoms. The molecule has 218 valence electrons. The van der Waals surface area contributed by atoms with Crippen LogP contribution in [0.2, 0.25) is 0 Å². The van der Waals surface area contributed by atoms with Gasteiger partial charge in [0, 0.05) is 45.8 Å². The van der Waals surface area contributed by atoms with Crippen LogP contribution in [0.3, 0.4) is 0 Å². The second-order valence-electron chi connectivity index (χ2n) is 11.5. The van der Waals surface area contributed by atoms with Crippen molar-refractivity contribution >= 4 is 28.6 Å². The van der Waals surface area contributed by atoms with Crippen LogP contribution in [0.15, 0.2) is 48.5 Å². The van der Waals surface area contributed by atoms with Crippen LogP contribution < -0.4 is 0 Å². The van der Waals surface area contributed by atoms with Gasteiger partial charge in [0.1, 0.15) is 5.60 Å². The Hall–Kier alpha value is -3.86. The highest BCUT2D eigenvalue weighted by molar-refractivity contribution is 5.94. The third-order valence-electron chi connectivity index (χ3n) is 7.26. The van der Waals surface area contributed by atoms with Gasteiger partial charge in [0.05, 0.1) is 16.6 Å². The van der Waals surface area contributed by atoms with Crippen LogP contribution in [0.25, 0.3) is 16.6 Å². The Balaban J connectivity index is 1.17. The highest BCUT2D eigenvalue weighted by Gasteiger charge is 2.30. The molecule has 8 nitrogen and oxygen atoms in total. The number of alkyl halides is 3. The second-order valence-corrected chi connectivity index (χ2v) is 11.5. The number of H-pyrrole nitrogens is 1. The number of nitrogens with zero attached hydrogens (tertiary/aromatic N) is 4. The highest BCUT2D eigenvalue weighted by atomic mass is 19.4. The molecule has 41 heavy (non-hydrogen) atoms. The molecular weight excluding hydrogens is 535 g/mol. The van der Waals surface area contributed by atoms with E-state index in [0.29, 0.717) is 57.8 Å². The molecule has 0 saturated carbocycles. The van der Waals surface area contributed by atoms with Gasteiger partial charge in [-0.1, -0.05) is 24.3 Å². The first-order chi connectivity index (χ1) is 19.4. The van der Waals surface area contributed by atoms with E-state index < -0.39 is 17.3 Å². The van der Waals surface area contributed by atoms with E-state index in [2.05, 4.69) is 14.9 Å². The summed E-state index contributed by atoms with van der Waals surface area (Å²) in [5.41, 5.74) is 3.21. The first-order valence-corrected chi connectivity index (χ1v) is 13.7. The number of carbonyl (C=O) groups excluding carboxylic acids is 2. The maximum absolute atomic E-state index is 13.2. The molecule has 0 aliphatic carbocycles. The summed E-state index contributed by atoms with van der Waals surface area (Å²) in [5, 5.41) is 0. The smallest absolute Gasteiger partial charge is 0.416 e. The van der Waals surface area contributed by atoms with E-state index in [4.69, 9.17) is 4.74 Å². The number of carbonyl (C=O) groups is 2. The number of amides is 2. The Kier molecular flexibility index (Phi) is 7.83. The quantitative estimate of drug-likeness (QED) is 0.445. The number of piperazine rings is 1. The number of fused-ring (bicyclic) bond motifs is 1.